The Bertz CT molecular complexity index is 650. The van der Waals surface area contributed by atoms with Crippen molar-refractivity contribution in [1.29, 1.82) is 0 Å². The lowest BCUT2D eigenvalue weighted by Gasteiger charge is -2.47. The molecule has 3 rings (SSSR count). The van der Waals surface area contributed by atoms with E-state index in [-0.39, 0.29) is 16.7 Å². The zero-order valence-electron chi connectivity index (χ0n) is 14.0. The Balaban J connectivity index is 2.01. The Hall–Kier alpha value is -1.83. The first kappa shape index (κ1) is 15.1. The zero-order valence-corrected chi connectivity index (χ0v) is 14.0. The molecule has 0 amide bonds. The molecule has 0 saturated carbocycles. The Morgan fingerprint density at radius 2 is 1.73 bits per heavy atom. The highest BCUT2D eigenvalue weighted by molar-refractivity contribution is 6.00. The highest BCUT2D eigenvalue weighted by Gasteiger charge is 2.39. The maximum Gasteiger partial charge on any atom is 0.165 e. The van der Waals surface area contributed by atoms with Crippen LogP contribution in [-0.2, 0) is 11.3 Å². The van der Waals surface area contributed by atoms with Crippen molar-refractivity contribution in [3.05, 3.63) is 59.3 Å². The second-order valence-electron chi connectivity index (χ2n) is 7.86. The van der Waals surface area contributed by atoms with Crippen LogP contribution >= 0.6 is 0 Å². The number of hydrogen-bond donors (Lipinski definition) is 0. The van der Waals surface area contributed by atoms with Crippen LogP contribution in [0.25, 0.3) is 0 Å². The van der Waals surface area contributed by atoms with Gasteiger partial charge in [0.25, 0.3) is 0 Å². The quantitative estimate of drug-likeness (QED) is 0.801. The van der Waals surface area contributed by atoms with Gasteiger partial charge in [-0.15, -0.1) is 0 Å². The third-order valence-electron chi connectivity index (χ3n) is 4.76. The standard InChI is InChI=1S/C20H25NO/c1-19(2)12-17-16(18(22)13-19)10-11-20(3,4)21(17)14-15-8-6-5-7-9-15/h5-11H,12-14H2,1-4H3. The second kappa shape index (κ2) is 5.12. The minimum absolute atomic E-state index is 0.0477. The molecule has 2 heteroatoms. The van der Waals surface area contributed by atoms with E-state index in [9.17, 15) is 4.79 Å². The summed E-state index contributed by atoms with van der Waals surface area (Å²) in [4.78, 5) is 14.9. The largest absolute Gasteiger partial charge is 0.361 e. The van der Waals surface area contributed by atoms with E-state index in [0.717, 1.165) is 18.5 Å². The van der Waals surface area contributed by atoms with Crippen molar-refractivity contribution in [1.82, 2.24) is 4.90 Å². The lowest BCUT2D eigenvalue weighted by molar-refractivity contribution is -0.118. The number of nitrogens with zero attached hydrogens (tertiary/aromatic N) is 1. The van der Waals surface area contributed by atoms with Crippen LogP contribution in [0, 0.1) is 5.41 Å². The molecular weight excluding hydrogens is 270 g/mol. The zero-order chi connectivity index (χ0) is 16.0. The molecule has 1 aromatic rings. The lowest BCUT2D eigenvalue weighted by atomic mass is 9.73. The average molecular weight is 295 g/mol. The van der Waals surface area contributed by atoms with Crippen LogP contribution in [0.3, 0.4) is 0 Å². The number of allylic oxidation sites excluding steroid dienone is 3. The molecule has 116 valence electrons. The van der Waals surface area contributed by atoms with E-state index in [1.54, 1.807) is 0 Å². The van der Waals surface area contributed by atoms with E-state index >= 15 is 0 Å². The lowest BCUT2D eigenvalue weighted by Crippen LogP contribution is -2.46. The van der Waals surface area contributed by atoms with Crippen molar-refractivity contribution in [2.24, 2.45) is 5.41 Å². The van der Waals surface area contributed by atoms with Crippen LogP contribution < -0.4 is 0 Å². The highest BCUT2D eigenvalue weighted by Crippen LogP contribution is 2.43. The normalized spacial score (nSPS) is 22.7. The number of ketones is 1. The van der Waals surface area contributed by atoms with Crippen LogP contribution in [0.4, 0.5) is 0 Å². The highest BCUT2D eigenvalue weighted by atomic mass is 16.1. The molecule has 0 saturated heterocycles. The van der Waals surface area contributed by atoms with Gasteiger partial charge in [-0.25, -0.2) is 0 Å². The third-order valence-corrected chi connectivity index (χ3v) is 4.76. The van der Waals surface area contributed by atoms with Gasteiger partial charge >= 0.3 is 0 Å². The predicted octanol–water partition coefficient (Wildman–Crippen LogP) is 4.48. The van der Waals surface area contributed by atoms with Crippen molar-refractivity contribution in [3.63, 3.8) is 0 Å². The van der Waals surface area contributed by atoms with E-state index in [2.05, 4.69) is 69.0 Å². The first-order valence-corrected chi connectivity index (χ1v) is 8.06. The maximum absolute atomic E-state index is 12.5. The fourth-order valence-electron chi connectivity index (χ4n) is 3.52. The fourth-order valence-corrected chi connectivity index (χ4v) is 3.52. The maximum atomic E-state index is 12.5. The van der Waals surface area contributed by atoms with Gasteiger partial charge in [0, 0.05) is 24.2 Å². The summed E-state index contributed by atoms with van der Waals surface area (Å²) in [5.74, 6) is 0.288. The number of Topliss-reactive ketones (excluding diaryl/α,β-unsaturated/α-hetero) is 1. The molecule has 1 heterocycles. The van der Waals surface area contributed by atoms with Crippen LogP contribution in [0.2, 0.25) is 0 Å². The molecule has 0 aromatic heterocycles. The predicted molar refractivity (Wildman–Crippen MR) is 90.3 cm³/mol. The van der Waals surface area contributed by atoms with Crippen LogP contribution in [0.15, 0.2) is 53.8 Å². The number of carbonyl (C=O) groups excluding carboxylic acids is 1. The molecule has 0 unspecified atom stereocenters. The van der Waals surface area contributed by atoms with Crippen LogP contribution in [0.5, 0.6) is 0 Å². The first-order chi connectivity index (χ1) is 10.3. The molecule has 1 aliphatic carbocycles. The molecule has 0 radical (unpaired) electrons. The number of hydrogen-bond acceptors (Lipinski definition) is 2. The summed E-state index contributed by atoms with van der Waals surface area (Å²) in [6, 6.07) is 10.5. The fraction of sp³-hybridized carbons (Fsp3) is 0.450. The monoisotopic (exact) mass is 295 g/mol. The van der Waals surface area contributed by atoms with E-state index in [0.29, 0.717) is 6.42 Å². The van der Waals surface area contributed by atoms with E-state index in [1.165, 1.54) is 11.3 Å². The first-order valence-electron chi connectivity index (χ1n) is 8.06. The summed E-state index contributed by atoms with van der Waals surface area (Å²) in [6.45, 7) is 9.69. The molecule has 0 N–H and O–H groups in total. The minimum Gasteiger partial charge on any atom is -0.361 e. The van der Waals surface area contributed by atoms with Gasteiger partial charge in [0.05, 0.1) is 5.54 Å². The van der Waals surface area contributed by atoms with Crippen LogP contribution in [0.1, 0.15) is 46.1 Å². The van der Waals surface area contributed by atoms with Crippen molar-refractivity contribution in [2.45, 2.75) is 52.6 Å². The Morgan fingerprint density at radius 1 is 1.05 bits per heavy atom. The van der Waals surface area contributed by atoms with Gasteiger partial charge < -0.3 is 4.90 Å². The summed E-state index contributed by atoms with van der Waals surface area (Å²) in [6.07, 6.45) is 5.84. The topological polar surface area (TPSA) is 20.3 Å². The third kappa shape index (κ3) is 2.75. The van der Waals surface area contributed by atoms with Crippen LogP contribution in [-0.4, -0.2) is 16.2 Å². The smallest absolute Gasteiger partial charge is 0.165 e. The van der Waals surface area contributed by atoms with E-state index in [4.69, 9.17) is 0 Å². The second-order valence-corrected chi connectivity index (χ2v) is 7.86. The molecule has 1 aliphatic heterocycles. The van der Waals surface area contributed by atoms with Crippen molar-refractivity contribution < 1.29 is 4.79 Å². The summed E-state index contributed by atoms with van der Waals surface area (Å²) in [7, 11) is 0. The SMILES string of the molecule is CC1(C)CC(=O)C2=C(C1)N(Cc1ccccc1)C(C)(C)C=C2. The van der Waals surface area contributed by atoms with E-state index in [1.807, 2.05) is 6.07 Å². The molecule has 0 bridgehead atoms. The van der Waals surface area contributed by atoms with Crippen molar-refractivity contribution >= 4 is 5.78 Å². The molecule has 0 fully saturated rings. The Labute approximate surface area is 133 Å². The van der Waals surface area contributed by atoms with Gasteiger partial charge in [-0.1, -0.05) is 56.3 Å². The van der Waals surface area contributed by atoms with Gasteiger partial charge in [-0.3, -0.25) is 4.79 Å². The van der Waals surface area contributed by atoms with Crippen molar-refractivity contribution in [2.75, 3.05) is 0 Å². The molecular formula is C20H25NO. The van der Waals surface area contributed by atoms with Crippen molar-refractivity contribution in [3.8, 4) is 0 Å². The average Bonchev–Trinajstić information content (AvgIpc) is 2.42. The van der Waals surface area contributed by atoms with E-state index < -0.39 is 0 Å². The Morgan fingerprint density at radius 3 is 2.41 bits per heavy atom. The van der Waals surface area contributed by atoms with Gasteiger partial charge in [-0.05, 0) is 31.2 Å². The summed E-state index contributed by atoms with van der Waals surface area (Å²) in [5.41, 5.74) is 3.41. The van der Waals surface area contributed by atoms with Gasteiger partial charge in [-0.2, -0.15) is 0 Å². The molecule has 22 heavy (non-hydrogen) atoms. The molecule has 2 aliphatic rings. The number of benzene rings is 1. The van der Waals surface area contributed by atoms with Gasteiger partial charge in [0.15, 0.2) is 5.78 Å². The molecule has 2 nitrogen and oxygen atoms in total. The number of rotatable bonds is 2. The molecule has 0 spiro atoms. The summed E-state index contributed by atoms with van der Waals surface area (Å²) < 4.78 is 0. The van der Waals surface area contributed by atoms with Gasteiger partial charge in [0.1, 0.15) is 0 Å². The molecule has 0 atom stereocenters. The summed E-state index contributed by atoms with van der Waals surface area (Å²) in [5, 5.41) is 0. The minimum atomic E-state index is -0.0671. The Kier molecular flexibility index (Phi) is 3.51. The summed E-state index contributed by atoms with van der Waals surface area (Å²) >= 11 is 0. The number of carbonyl (C=O) groups is 1. The molecule has 1 aromatic carbocycles. The van der Waals surface area contributed by atoms with Gasteiger partial charge in [0.2, 0.25) is 0 Å².